The normalized spacial score (nSPS) is 11.5. The van der Waals surface area contributed by atoms with Crippen molar-refractivity contribution in [1.29, 1.82) is 0 Å². The Kier molecular flexibility index (Phi) is 4.84. The molecule has 0 spiro atoms. The van der Waals surface area contributed by atoms with Crippen LogP contribution in [0.4, 0.5) is 18.9 Å². The second-order valence-electron chi connectivity index (χ2n) is 5.12. The minimum Gasteiger partial charge on any atom is -0.339 e. The van der Waals surface area contributed by atoms with E-state index in [-0.39, 0.29) is 18.5 Å². The Balaban J connectivity index is 1.57. The topological polar surface area (TPSA) is 68.0 Å². The fourth-order valence-electron chi connectivity index (χ4n) is 2.08. The number of benzene rings is 1. The molecule has 3 aromatic rings. The molecule has 2 heterocycles. The molecule has 0 unspecified atom stereocenters. The van der Waals surface area contributed by atoms with Crippen molar-refractivity contribution in [2.24, 2.45) is 0 Å². The van der Waals surface area contributed by atoms with Crippen molar-refractivity contribution in [2.45, 2.75) is 19.0 Å². The first kappa shape index (κ1) is 17.2. The summed E-state index contributed by atoms with van der Waals surface area (Å²) in [6.07, 6.45) is -4.24. The van der Waals surface area contributed by atoms with E-state index >= 15 is 0 Å². The number of nitrogens with one attached hydrogen (secondary N) is 1. The number of hydrogen-bond acceptors (Lipinski definition) is 5. The van der Waals surface area contributed by atoms with Gasteiger partial charge in [-0.3, -0.25) is 4.79 Å². The van der Waals surface area contributed by atoms with Gasteiger partial charge in [-0.2, -0.15) is 18.2 Å². The SMILES string of the molecule is O=C(CCc1nc(-c2cccs2)no1)Nc1cccc(C(F)(F)F)c1. The first-order valence-corrected chi connectivity index (χ1v) is 8.13. The molecule has 0 atom stereocenters. The third kappa shape index (κ3) is 4.44. The lowest BCUT2D eigenvalue weighted by molar-refractivity contribution is -0.137. The van der Waals surface area contributed by atoms with Gasteiger partial charge in [-0.15, -0.1) is 11.3 Å². The molecule has 0 radical (unpaired) electrons. The van der Waals surface area contributed by atoms with Crippen molar-refractivity contribution in [3.8, 4) is 10.7 Å². The van der Waals surface area contributed by atoms with Crippen LogP contribution in [0.3, 0.4) is 0 Å². The average Bonchev–Trinajstić information content (AvgIpc) is 3.24. The maximum absolute atomic E-state index is 12.7. The molecule has 0 aliphatic carbocycles. The van der Waals surface area contributed by atoms with Gasteiger partial charge in [0.2, 0.25) is 17.6 Å². The average molecular weight is 367 g/mol. The number of aryl methyl sites for hydroxylation is 1. The minimum atomic E-state index is -4.46. The van der Waals surface area contributed by atoms with E-state index in [1.807, 2.05) is 17.5 Å². The van der Waals surface area contributed by atoms with Gasteiger partial charge in [0.05, 0.1) is 10.4 Å². The first-order chi connectivity index (χ1) is 11.9. The maximum atomic E-state index is 12.7. The van der Waals surface area contributed by atoms with Crippen molar-refractivity contribution in [2.75, 3.05) is 5.32 Å². The molecule has 0 bridgehead atoms. The summed E-state index contributed by atoms with van der Waals surface area (Å²) in [6.45, 7) is 0. The van der Waals surface area contributed by atoms with Gasteiger partial charge in [0.1, 0.15) is 0 Å². The zero-order valence-corrected chi connectivity index (χ0v) is 13.5. The summed E-state index contributed by atoms with van der Waals surface area (Å²) in [4.78, 5) is 16.9. The molecule has 1 amide bonds. The summed E-state index contributed by atoms with van der Waals surface area (Å²) in [5, 5.41) is 8.14. The smallest absolute Gasteiger partial charge is 0.339 e. The van der Waals surface area contributed by atoms with E-state index in [1.165, 1.54) is 23.5 Å². The molecule has 1 aromatic carbocycles. The second-order valence-corrected chi connectivity index (χ2v) is 6.06. The molecular formula is C16H12F3N3O2S. The molecule has 2 aromatic heterocycles. The van der Waals surface area contributed by atoms with Gasteiger partial charge in [0, 0.05) is 18.5 Å². The number of halogens is 3. The predicted molar refractivity (Wildman–Crippen MR) is 86.0 cm³/mol. The Bertz CT molecular complexity index is 860. The molecule has 0 saturated heterocycles. The predicted octanol–water partition coefficient (Wildman–Crippen LogP) is 4.39. The highest BCUT2D eigenvalue weighted by Crippen LogP contribution is 2.30. The van der Waals surface area contributed by atoms with Crippen molar-refractivity contribution in [1.82, 2.24) is 10.1 Å². The van der Waals surface area contributed by atoms with E-state index in [1.54, 1.807) is 0 Å². The number of aromatic nitrogens is 2. The zero-order chi connectivity index (χ0) is 17.9. The summed E-state index contributed by atoms with van der Waals surface area (Å²) in [7, 11) is 0. The van der Waals surface area contributed by atoms with Crippen LogP contribution in [-0.4, -0.2) is 16.0 Å². The monoisotopic (exact) mass is 367 g/mol. The molecule has 5 nitrogen and oxygen atoms in total. The van der Waals surface area contributed by atoms with Crippen molar-refractivity contribution in [3.63, 3.8) is 0 Å². The van der Waals surface area contributed by atoms with Gasteiger partial charge in [0.15, 0.2) is 0 Å². The highest BCUT2D eigenvalue weighted by molar-refractivity contribution is 7.13. The molecule has 3 rings (SSSR count). The lowest BCUT2D eigenvalue weighted by Crippen LogP contribution is -2.13. The van der Waals surface area contributed by atoms with Crippen LogP contribution in [0.2, 0.25) is 0 Å². The number of nitrogens with zero attached hydrogens (tertiary/aromatic N) is 2. The van der Waals surface area contributed by atoms with Crippen molar-refractivity contribution >= 4 is 22.9 Å². The third-order valence-electron chi connectivity index (χ3n) is 3.25. The quantitative estimate of drug-likeness (QED) is 0.726. The Morgan fingerprint density at radius 1 is 1.24 bits per heavy atom. The summed E-state index contributed by atoms with van der Waals surface area (Å²) >= 11 is 1.46. The minimum absolute atomic E-state index is 0.0162. The van der Waals surface area contributed by atoms with Gasteiger partial charge in [-0.25, -0.2) is 0 Å². The number of hydrogen-bond donors (Lipinski definition) is 1. The van der Waals surface area contributed by atoms with Gasteiger partial charge in [-0.1, -0.05) is 17.3 Å². The van der Waals surface area contributed by atoms with E-state index in [4.69, 9.17) is 4.52 Å². The second kappa shape index (κ2) is 7.06. The van der Waals surface area contributed by atoms with Crippen LogP contribution in [0.15, 0.2) is 46.3 Å². The summed E-state index contributed by atoms with van der Waals surface area (Å²) < 4.78 is 43.0. The molecule has 0 aliphatic heterocycles. The fraction of sp³-hybridized carbons (Fsp3) is 0.188. The number of carbonyl (C=O) groups excluding carboxylic acids is 1. The Labute approximate surface area is 144 Å². The van der Waals surface area contributed by atoms with Crippen molar-refractivity contribution in [3.05, 3.63) is 53.2 Å². The molecule has 1 N–H and O–H groups in total. The van der Waals surface area contributed by atoms with Crippen LogP contribution in [-0.2, 0) is 17.4 Å². The van der Waals surface area contributed by atoms with E-state index < -0.39 is 17.6 Å². The van der Waals surface area contributed by atoms with Crippen LogP contribution in [0, 0.1) is 0 Å². The number of thiophene rings is 1. The molecule has 9 heteroatoms. The molecule has 0 aliphatic rings. The number of anilines is 1. The standard InChI is InChI=1S/C16H12F3N3O2S/c17-16(18,19)10-3-1-4-11(9-10)20-13(23)6-7-14-21-15(22-24-14)12-5-2-8-25-12/h1-5,8-9H,6-7H2,(H,20,23). The third-order valence-corrected chi connectivity index (χ3v) is 4.12. The van der Waals surface area contributed by atoms with Crippen LogP contribution in [0.1, 0.15) is 17.9 Å². The lowest BCUT2D eigenvalue weighted by atomic mass is 10.2. The fourth-order valence-corrected chi connectivity index (χ4v) is 2.73. The van der Waals surface area contributed by atoms with E-state index in [0.29, 0.717) is 11.7 Å². The van der Waals surface area contributed by atoms with Crippen LogP contribution < -0.4 is 5.32 Å². The Morgan fingerprint density at radius 2 is 2.08 bits per heavy atom. The molecular weight excluding hydrogens is 355 g/mol. The van der Waals surface area contributed by atoms with E-state index in [0.717, 1.165) is 17.0 Å². The maximum Gasteiger partial charge on any atom is 0.416 e. The number of amides is 1. The lowest BCUT2D eigenvalue weighted by Gasteiger charge is -2.09. The summed E-state index contributed by atoms with van der Waals surface area (Å²) in [5.41, 5.74) is -0.729. The van der Waals surface area contributed by atoms with E-state index in [9.17, 15) is 18.0 Å². The summed E-state index contributed by atoms with van der Waals surface area (Å²) in [6, 6.07) is 8.18. The van der Waals surface area contributed by atoms with Gasteiger partial charge >= 0.3 is 6.18 Å². The molecule has 25 heavy (non-hydrogen) atoms. The van der Waals surface area contributed by atoms with Crippen LogP contribution in [0.5, 0.6) is 0 Å². The van der Waals surface area contributed by atoms with Crippen LogP contribution in [0.25, 0.3) is 10.7 Å². The van der Waals surface area contributed by atoms with Crippen molar-refractivity contribution < 1.29 is 22.5 Å². The number of carbonyl (C=O) groups is 1. The highest BCUT2D eigenvalue weighted by atomic mass is 32.1. The first-order valence-electron chi connectivity index (χ1n) is 7.25. The Morgan fingerprint density at radius 3 is 2.80 bits per heavy atom. The molecule has 130 valence electrons. The van der Waals surface area contributed by atoms with Gasteiger partial charge in [-0.05, 0) is 29.6 Å². The van der Waals surface area contributed by atoms with Gasteiger partial charge < -0.3 is 9.84 Å². The molecule has 0 fully saturated rings. The number of alkyl halides is 3. The highest BCUT2D eigenvalue weighted by Gasteiger charge is 2.30. The molecule has 0 saturated carbocycles. The summed E-state index contributed by atoms with van der Waals surface area (Å²) in [5.74, 6) is 0.307. The zero-order valence-electron chi connectivity index (χ0n) is 12.7. The van der Waals surface area contributed by atoms with Crippen LogP contribution >= 0.6 is 11.3 Å². The van der Waals surface area contributed by atoms with E-state index in [2.05, 4.69) is 15.5 Å². The largest absolute Gasteiger partial charge is 0.416 e. The van der Waals surface area contributed by atoms with Gasteiger partial charge in [0.25, 0.3) is 0 Å². The Hall–Kier alpha value is -2.68. The number of rotatable bonds is 5.